The maximum absolute atomic E-state index is 13.6. The lowest BCUT2D eigenvalue weighted by Crippen LogP contribution is -2.54. The van der Waals surface area contributed by atoms with Crippen LogP contribution in [0.5, 0.6) is 11.5 Å². The fourth-order valence-corrected chi connectivity index (χ4v) is 12.5. The molecule has 6 atom stereocenters. The second kappa shape index (κ2) is 16.6. The van der Waals surface area contributed by atoms with Gasteiger partial charge in [0.2, 0.25) is 0 Å². The molecule has 2 saturated carbocycles. The predicted octanol–water partition coefficient (Wildman–Crippen LogP) is 12.7. The average Bonchev–Trinajstić information content (AvgIpc) is 3.82. The standard InChI is InChI=1S/C24H23BrF4N2O2.C24H21BrF4N2O2/c2*1-2-22-8-9-23(32,24(27,28)29)12-15(22)7-10-33-21-18(22)11-14-13-30-31(20(14)19(21)25)17-5-3-16(26)4-6-17/h3-6,11,13,15,32H,2,7-10,12H2,1H3;2-6,11,13,15,32H,1,7-10,12H2/t2*15-,22-,23-/m11/s1. The van der Waals surface area contributed by atoms with Gasteiger partial charge in [0.15, 0.2) is 11.2 Å². The van der Waals surface area contributed by atoms with Gasteiger partial charge >= 0.3 is 12.4 Å². The van der Waals surface area contributed by atoms with Gasteiger partial charge in [-0.15, -0.1) is 6.58 Å². The number of fused-ring (bicyclic) bond motifs is 8. The summed E-state index contributed by atoms with van der Waals surface area (Å²) in [4.78, 5) is 0. The van der Waals surface area contributed by atoms with Crippen LogP contribution < -0.4 is 9.47 Å². The second-order valence-corrected chi connectivity index (χ2v) is 19.6. The third kappa shape index (κ3) is 7.43. The highest BCUT2D eigenvalue weighted by molar-refractivity contribution is 9.11. The molecule has 350 valence electrons. The molecular weight excluding hydrogens is 1010 g/mol. The van der Waals surface area contributed by atoms with Gasteiger partial charge in [0.25, 0.3) is 0 Å². The minimum absolute atomic E-state index is 0.0948. The molecule has 0 radical (unpaired) electrons. The molecule has 10 rings (SSSR count). The van der Waals surface area contributed by atoms with Gasteiger partial charge in [0.05, 0.1) is 57.0 Å². The maximum atomic E-state index is 13.6. The Morgan fingerprint density at radius 3 is 1.61 bits per heavy atom. The molecule has 2 fully saturated rings. The zero-order valence-corrected chi connectivity index (χ0v) is 38.6. The van der Waals surface area contributed by atoms with E-state index in [-0.39, 0.29) is 56.4 Å². The fourth-order valence-electron chi connectivity index (χ4n) is 11.1. The van der Waals surface area contributed by atoms with Gasteiger partial charge in [-0.1, -0.05) is 13.0 Å². The first-order valence-corrected chi connectivity index (χ1v) is 23.2. The summed E-state index contributed by atoms with van der Waals surface area (Å²) < 4.78 is 125. The number of ether oxygens (including phenoxy) is 2. The van der Waals surface area contributed by atoms with Crippen molar-refractivity contribution in [3.63, 3.8) is 0 Å². The summed E-state index contributed by atoms with van der Waals surface area (Å²) in [5.41, 5.74) is -2.33. The smallest absolute Gasteiger partial charge is 0.417 e. The van der Waals surface area contributed by atoms with E-state index in [0.717, 1.165) is 27.4 Å². The van der Waals surface area contributed by atoms with Crippen molar-refractivity contribution >= 4 is 53.7 Å². The summed E-state index contributed by atoms with van der Waals surface area (Å²) in [6.45, 7) is 6.43. The van der Waals surface area contributed by atoms with E-state index < -0.39 is 53.1 Å². The highest BCUT2D eigenvalue weighted by Gasteiger charge is 2.62. The van der Waals surface area contributed by atoms with E-state index in [1.165, 1.54) is 24.3 Å². The summed E-state index contributed by atoms with van der Waals surface area (Å²) in [5, 5.41) is 31.4. The minimum atomic E-state index is -4.70. The Labute approximate surface area is 390 Å². The molecule has 18 heteroatoms. The van der Waals surface area contributed by atoms with Crippen LogP contribution >= 0.6 is 31.9 Å². The summed E-state index contributed by atoms with van der Waals surface area (Å²) >= 11 is 7.32. The van der Waals surface area contributed by atoms with E-state index in [4.69, 9.17) is 9.47 Å². The summed E-state index contributed by atoms with van der Waals surface area (Å²) in [7, 11) is 0. The fraction of sp³-hybridized carbons (Fsp3) is 0.417. The van der Waals surface area contributed by atoms with Crippen LogP contribution in [0.1, 0.15) is 75.8 Å². The van der Waals surface area contributed by atoms with Crippen LogP contribution in [0.15, 0.2) is 94.7 Å². The molecule has 4 aliphatic rings. The first kappa shape index (κ1) is 46.6. The van der Waals surface area contributed by atoms with Crippen molar-refractivity contribution in [3.05, 3.63) is 117 Å². The van der Waals surface area contributed by atoms with Gasteiger partial charge in [-0.05, 0) is 162 Å². The van der Waals surface area contributed by atoms with E-state index >= 15 is 0 Å². The number of halogens is 10. The Kier molecular flexibility index (Phi) is 11.7. The van der Waals surface area contributed by atoms with Crippen molar-refractivity contribution in [3.8, 4) is 22.9 Å². The first-order chi connectivity index (χ1) is 31.2. The van der Waals surface area contributed by atoms with Gasteiger partial charge in [0, 0.05) is 32.7 Å². The van der Waals surface area contributed by atoms with Crippen LogP contribution in [0.3, 0.4) is 0 Å². The largest absolute Gasteiger partial charge is 0.492 e. The number of aliphatic hydroxyl groups is 2. The van der Waals surface area contributed by atoms with E-state index in [0.29, 0.717) is 56.6 Å². The van der Waals surface area contributed by atoms with Crippen molar-refractivity contribution in [2.24, 2.45) is 11.8 Å². The van der Waals surface area contributed by atoms with Gasteiger partial charge in [-0.2, -0.15) is 36.5 Å². The Bertz CT molecular complexity index is 2830. The molecule has 4 aromatic carbocycles. The van der Waals surface area contributed by atoms with Crippen molar-refractivity contribution in [2.75, 3.05) is 13.2 Å². The van der Waals surface area contributed by atoms with Crippen LogP contribution in [0, 0.1) is 23.5 Å². The number of benzene rings is 4. The predicted molar refractivity (Wildman–Crippen MR) is 238 cm³/mol. The zero-order chi connectivity index (χ0) is 47.2. The monoisotopic (exact) mass is 1050 g/mol. The highest BCUT2D eigenvalue weighted by Crippen LogP contribution is 2.60. The molecule has 6 aromatic rings. The molecule has 0 bridgehead atoms. The molecule has 8 nitrogen and oxygen atoms in total. The lowest BCUT2D eigenvalue weighted by atomic mass is 9.57. The Morgan fingerprint density at radius 2 is 1.14 bits per heavy atom. The molecule has 0 unspecified atom stereocenters. The van der Waals surface area contributed by atoms with Crippen LogP contribution in [0.25, 0.3) is 33.2 Å². The number of nitrogens with zero attached hydrogens (tertiary/aromatic N) is 4. The van der Waals surface area contributed by atoms with Crippen molar-refractivity contribution in [1.82, 2.24) is 19.6 Å². The quantitative estimate of drug-likeness (QED) is 0.135. The number of hydrogen-bond acceptors (Lipinski definition) is 6. The maximum Gasteiger partial charge on any atom is 0.417 e. The van der Waals surface area contributed by atoms with Crippen LogP contribution in [0.4, 0.5) is 35.1 Å². The lowest BCUT2D eigenvalue weighted by molar-refractivity contribution is -0.279. The normalized spacial score (nSPS) is 27.5. The molecule has 4 heterocycles. The summed E-state index contributed by atoms with van der Waals surface area (Å²) in [6.07, 6.45) is -4.07. The van der Waals surface area contributed by atoms with Crippen LogP contribution in [-0.4, -0.2) is 66.5 Å². The molecule has 2 aliphatic carbocycles. The number of rotatable bonds is 4. The molecule has 2 N–H and O–H groups in total. The zero-order valence-electron chi connectivity index (χ0n) is 35.4. The molecule has 0 amide bonds. The van der Waals surface area contributed by atoms with Gasteiger partial charge in [0.1, 0.15) is 23.1 Å². The van der Waals surface area contributed by atoms with Gasteiger partial charge in [-0.25, -0.2) is 18.1 Å². The Hall–Kier alpha value is -4.52. The molecule has 66 heavy (non-hydrogen) atoms. The summed E-state index contributed by atoms with van der Waals surface area (Å²) in [5.74, 6) is -0.437. The average molecular weight is 1050 g/mol. The second-order valence-electron chi connectivity index (χ2n) is 18.0. The first-order valence-electron chi connectivity index (χ1n) is 21.6. The lowest BCUT2D eigenvalue weighted by Gasteiger charge is -2.49. The SMILES string of the molecule is C=C[C@@]12CC[C@](O)(C(F)(F)F)C[C@H]1CCOc1c2cc2cnn(-c3ccc(F)cc3)c2c1Br.CC[C@@]12CC[C@](O)(C(F)(F)F)C[C@H]1CCOc1c2cc2cnn(-c3ccc(F)cc3)c2c1Br. The van der Waals surface area contributed by atoms with Crippen molar-refractivity contribution in [2.45, 2.75) is 99.1 Å². The molecular formula is C48H44Br2F8N4O4. The van der Waals surface area contributed by atoms with Crippen LogP contribution in [0.2, 0.25) is 0 Å². The molecule has 0 saturated heterocycles. The van der Waals surface area contributed by atoms with Gasteiger partial charge in [-0.3, -0.25) is 0 Å². The van der Waals surface area contributed by atoms with E-state index in [9.17, 15) is 45.3 Å². The Balaban J connectivity index is 0.000000166. The molecule has 2 aromatic heterocycles. The van der Waals surface area contributed by atoms with Crippen molar-refractivity contribution in [1.29, 1.82) is 0 Å². The molecule has 2 aliphatic heterocycles. The Morgan fingerprint density at radius 1 is 0.697 bits per heavy atom. The van der Waals surface area contributed by atoms with E-state index in [1.54, 1.807) is 52.1 Å². The van der Waals surface area contributed by atoms with Crippen molar-refractivity contribution < 1.29 is 54.8 Å². The number of allylic oxidation sites excluding steroid dienone is 1. The third-order valence-corrected chi connectivity index (χ3v) is 16.2. The van der Waals surface area contributed by atoms with Crippen LogP contribution in [-0.2, 0) is 10.8 Å². The summed E-state index contributed by atoms with van der Waals surface area (Å²) in [6, 6.07) is 15.7. The number of aromatic nitrogens is 4. The third-order valence-electron chi connectivity index (χ3n) is 14.8. The van der Waals surface area contributed by atoms with E-state index in [2.05, 4.69) is 48.6 Å². The number of alkyl halides is 6. The van der Waals surface area contributed by atoms with E-state index in [1.807, 2.05) is 19.1 Å². The molecule has 0 spiro atoms. The number of hydrogen-bond donors (Lipinski definition) is 2. The topological polar surface area (TPSA) is 94.6 Å². The highest BCUT2D eigenvalue weighted by atomic mass is 79.9. The minimum Gasteiger partial charge on any atom is -0.492 e. The van der Waals surface area contributed by atoms with Gasteiger partial charge < -0.3 is 19.7 Å².